The van der Waals surface area contributed by atoms with Gasteiger partial charge < -0.3 is 0 Å². The zero-order chi connectivity index (χ0) is 21.0. The van der Waals surface area contributed by atoms with E-state index in [9.17, 15) is 0 Å². The van der Waals surface area contributed by atoms with Crippen LogP contribution in [-0.2, 0) is 22.9 Å². The molecule has 1 nitrogen and oxygen atoms in total. The minimum absolute atomic E-state index is 0. The summed E-state index contributed by atoms with van der Waals surface area (Å²) in [7, 11) is 0. The van der Waals surface area contributed by atoms with Crippen LogP contribution < -0.4 is 3.87 Å². The number of hydrogen-bond donors (Lipinski definition) is 0. The normalized spacial score (nSPS) is 12.5. The summed E-state index contributed by atoms with van der Waals surface area (Å²) < 4.78 is 8.21. The van der Waals surface area contributed by atoms with Crippen molar-refractivity contribution in [3.05, 3.63) is 131 Å². The molecule has 4 heteroatoms. The molecule has 4 aromatic rings. The summed E-state index contributed by atoms with van der Waals surface area (Å²) >= 11 is -0.855. The van der Waals surface area contributed by atoms with Crippen molar-refractivity contribution in [2.24, 2.45) is 0 Å². The van der Waals surface area contributed by atoms with Crippen molar-refractivity contribution in [2.75, 3.05) is 0 Å². The molecule has 33 heavy (non-hydrogen) atoms. The molecule has 0 radical (unpaired) electrons. The molecule has 5 rings (SSSR count). The first-order valence-corrected chi connectivity index (χ1v) is 12.1. The average molecular weight is 509 g/mol. The molecule has 166 valence electrons. The molecule has 0 amide bonds. The summed E-state index contributed by atoms with van der Waals surface area (Å²) in [4.78, 5) is 0. The van der Waals surface area contributed by atoms with Gasteiger partial charge >= 0.3 is 194 Å². The van der Waals surface area contributed by atoms with E-state index in [0.717, 1.165) is 6.42 Å². The molecule has 0 heterocycles. The van der Waals surface area contributed by atoms with Gasteiger partial charge in [0.2, 0.25) is 0 Å². The van der Waals surface area contributed by atoms with Gasteiger partial charge in [-0.15, -0.1) is 24.8 Å². The fourth-order valence-corrected chi connectivity index (χ4v) is 6.08. The van der Waals surface area contributed by atoms with Crippen LogP contribution in [0, 0.1) is 0 Å². The summed E-state index contributed by atoms with van der Waals surface area (Å²) in [6.45, 7) is 2.18. The quantitative estimate of drug-likeness (QED) is 0.241. The Bertz CT molecular complexity index is 1230. The minimum atomic E-state index is -0.855. The van der Waals surface area contributed by atoms with E-state index in [-0.39, 0.29) is 30.9 Å². The molecule has 0 spiro atoms. The molecule has 0 atom stereocenters. The third-order valence-corrected chi connectivity index (χ3v) is 7.52. The van der Waals surface area contributed by atoms with Crippen LogP contribution in [0.15, 0.2) is 115 Å². The van der Waals surface area contributed by atoms with E-state index in [0.29, 0.717) is 0 Å². The smallest absolute Gasteiger partial charge is 0.147 e. The number of hydrogen-bond acceptors (Lipinski definition) is 1. The second kappa shape index (κ2) is 11.8. The summed E-state index contributed by atoms with van der Waals surface area (Å²) in [6.07, 6.45) is 5.59. The molecule has 4 aromatic carbocycles. The Balaban J connectivity index is 0.00000153. The topological polar surface area (TPSA) is 9.23 Å². The predicted octanol–water partition coefficient (Wildman–Crippen LogP) is 7.85. The van der Waals surface area contributed by atoms with Gasteiger partial charge in [-0.1, -0.05) is 0 Å². The van der Waals surface area contributed by atoms with E-state index in [1.807, 2.05) is 0 Å². The van der Waals surface area contributed by atoms with Crippen LogP contribution >= 0.6 is 24.8 Å². The predicted molar refractivity (Wildman–Crippen MR) is 140 cm³/mol. The monoisotopic (exact) mass is 508 g/mol. The van der Waals surface area contributed by atoms with Crippen molar-refractivity contribution in [1.29, 1.82) is 0 Å². The van der Waals surface area contributed by atoms with Gasteiger partial charge in [0.15, 0.2) is 0 Å². The van der Waals surface area contributed by atoms with Crippen molar-refractivity contribution < 1.29 is 22.9 Å². The maximum absolute atomic E-state index is 6.82. The molecule has 0 aliphatic heterocycles. The van der Waals surface area contributed by atoms with E-state index in [2.05, 4.69) is 116 Å². The molecular formula is C29H26Cl2OTi. The van der Waals surface area contributed by atoms with Crippen LogP contribution in [0.4, 0.5) is 0 Å². The largest absolute Gasteiger partial charge is 0.147 e. The van der Waals surface area contributed by atoms with Gasteiger partial charge in [-0.25, -0.2) is 0 Å². The van der Waals surface area contributed by atoms with Gasteiger partial charge in [-0.3, -0.25) is 0 Å². The zero-order valence-corrected chi connectivity index (χ0v) is 21.6. The van der Waals surface area contributed by atoms with Crippen molar-refractivity contribution in [2.45, 2.75) is 19.4 Å². The second-order valence-corrected chi connectivity index (χ2v) is 9.42. The molecule has 0 N–H and O–H groups in total. The van der Waals surface area contributed by atoms with E-state index >= 15 is 0 Å². The standard InChI is InChI=1S/C16H13.C13H11O.2ClH.Ti/c1-12-6-7-15(10-12)16-9-8-13-4-2-3-5-14(13)11-16;14-13(11-7-3-1-4-8-11)12-9-5-2-6-10-12;;;/h2-6,8-10H,7H2,1H3;1-10,13H;2*1H;/q;-1;;;+1. The number of rotatable bonds is 6. The van der Waals surface area contributed by atoms with Gasteiger partial charge in [0.05, 0.1) is 0 Å². The second-order valence-electron chi connectivity index (χ2n) is 7.95. The van der Waals surface area contributed by atoms with Crippen LogP contribution in [0.1, 0.15) is 36.1 Å². The SMILES string of the molecule is CC1=CCC(c2ccc3ccccc3[c]2[Ti][O]C(c2ccccc2)c2ccccc2)=C1.Cl.Cl. The molecule has 0 bridgehead atoms. The minimum Gasteiger partial charge on any atom is -0.147 e. The Morgan fingerprint density at radius 3 is 1.94 bits per heavy atom. The fraction of sp³-hybridized carbons (Fsp3) is 0.103. The summed E-state index contributed by atoms with van der Waals surface area (Å²) in [5, 5.41) is 2.61. The molecule has 1 aliphatic rings. The molecule has 0 fully saturated rings. The number of fused-ring (bicyclic) bond motifs is 1. The van der Waals surface area contributed by atoms with Crippen LogP contribution in [0.3, 0.4) is 0 Å². The van der Waals surface area contributed by atoms with Crippen molar-refractivity contribution in [1.82, 2.24) is 0 Å². The van der Waals surface area contributed by atoms with E-state index in [1.54, 1.807) is 0 Å². The Morgan fingerprint density at radius 1 is 0.727 bits per heavy atom. The summed E-state index contributed by atoms with van der Waals surface area (Å²) in [6, 6.07) is 34.4. The van der Waals surface area contributed by atoms with Crippen molar-refractivity contribution in [3.63, 3.8) is 0 Å². The van der Waals surface area contributed by atoms with Crippen molar-refractivity contribution in [3.8, 4) is 0 Å². The Hall–Kier alpha value is -2.13. The van der Waals surface area contributed by atoms with E-state index < -0.39 is 19.5 Å². The van der Waals surface area contributed by atoms with Crippen molar-refractivity contribution >= 4 is 45.0 Å². The molecule has 0 aromatic heterocycles. The molecular weight excluding hydrogens is 483 g/mol. The number of halogens is 2. The first kappa shape index (κ1) is 25.5. The Morgan fingerprint density at radius 2 is 1.33 bits per heavy atom. The summed E-state index contributed by atoms with van der Waals surface area (Å²) in [5.41, 5.74) is 6.52. The van der Waals surface area contributed by atoms with Crippen LogP contribution in [0.5, 0.6) is 0 Å². The van der Waals surface area contributed by atoms with Gasteiger partial charge in [0.25, 0.3) is 0 Å². The van der Waals surface area contributed by atoms with Crippen LogP contribution in [0.2, 0.25) is 0 Å². The first-order valence-electron chi connectivity index (χ1n) is 10.7. The zero-order valence-electron chi connectivity index (χ0n) is 18.4. The fourth-order valence-electron chi connectivity index (χ4n) is 4.20. The average Bonchev–Trinajstić information content (AvgIpc) is 3.26. The first-order chi connectivity index (χ1) is 15.3. The van der Waals surface area contributed by atoms with Gasteiger partial charge in [0, 0.05) is 0 Å². The van der Waals surface area contributed by atoms with Gasteiger partial charge in [-0.2, -0.15) is 0 Å². The maximum atomic E-state index is 6.82. The molecule has 0 unspecified atom stereocenters. The number of benzene rings is 4. The molecule has 0 saturated heterocycles. The van der Waals surface area contributed by atoms with E-state index in [4.69, 9.17) is 3.32 Å². The summed E-state index contributed by atoms with van der Waals surface area (Å²) in [5.74, 6) is 0. The molecule has 1 aliphatic carbocycles. The van der Waals surface area contributed by atoms with Gasteiger partial charge in [-0.05, 0) is 0 Å². The maximum Gasteiger partial charge on any atom is -0.147 e. The van der Waals surface area contributed by atoms with Gasteiger partial charge in [0.1, 0.15) is 0 Å². The third-order valence-electron chi connectivity index (χ3n) is 5.80. The Kier molecular flexibility index (Phi) is 9.14. The van der Waals surface area contributed by atoms with E-state index in [1.165, 1.54) is 42.5 Å². The molecule has 0 saturated carbocycles. The van der Waals surface area contributed by atoms with Crippen LogP contribution in [-0.4, -0.2) is 0 Å². The number of allylic oxidation sites excluding steroid dienone is 4. The van der Waals surface area contributed by atoms with Crippen LogP contribution in [0.25, 0.3) is 16.3 Å². The third kappa shape index (κ3) is 5.69. The Labute approximate surface area is 217 Å².